The number of hydrazone groups is 1. The minimum absolute atomic E-state index is 0.115. The number of rotatable bonds is 7. The second-order valence-corrected chi connectivity index (χ2v) is 6.90. The van der Waals surface area contributed by atoms with E-state index < -0.39 is 0 Å². The lowest BCUT2D eigenvalue weighted by Crippen LogP contribution is -2.20. The molecule has 0 unspecified atom stereocenters. The van der Waals surface area contributed by atoms with Crippen molar-refractivity contribution in [3.8, 4) is 5.75 Å². The van der Waals surface area contributed by atoms with E-state index in [9.17, 15) is 9.59 Å². The number of nitrogens with one attached hydrogen (secondary N) is 2. The van der Waals surface area contributed by atoms with E-state index in [1.165, 1.54) is 6.21 Å². The van der Waals surface area contributed by atoms with Crippen LogP contribution >= 0.6 is 15.9 Å². The molecule has 0 atom stereocenters. The van der Waals surface area contributed by atoms with Gasteiger partial charge in [0.05, 0.1) is 6.21 Å². The minimum atomic E-state index is -0.307. The highest BCUT2D eigenvalue weighted by Gasteiger charge is 2.05. The topological polar surface area (TPSA) is 79.8 Å². The SMILES string of the molecule is O=C(COc1cccc(/C=N/NC(=O)c2ccc(Br)cc2)c1)Nc1ccccc1. The van der Waals surface area contributed by atoms with Gasteiger partial charge in [-0.3, -0.25) is 9.59 Å². The lowest BCUT2D eigenvalue weighted by molar-refractivity contribution is -0.118. The molecule has 0 spiro atoms. The van der Waals surface area contributed by atoms with E-state index in [1.807, 2.05) is 24.3 Å². The zero-order valence-electron chi connectivity index (χ0n) is 15.3. The second-order valence-electron chi connectivity index (χ2n) is 5.98. The Bertz CT molecular complexity index is 1010. The van der Waals surface area contributed by atoms with Crippen LogP contribution in [0.3, 0.4) is 0 Å². The van der Waals surface area contributed by atoms with E-state index in [1.54, 1.807) is 54.6 Å². The Hall–Kier alpha value is -3.45. The van der Waals surface area contributed by atoms with Gasteiger partial charge in [-0.25, -0.2) is 5.43 Å². The van der Waals surface area contributed by atoms with E-state index in [0.29, 0.717) is 17.0 Å². The van der Waals surface area contributed by atoms with Gasteiger partial charge in [-0.15, -0.1) is 0 Å². The van der Waals surface area contributed by atoms with Crippen molar-refractivity contribution >= 4 is 39.6 Å². The van der Waals surface area contributed by atoms with Gasteiger partial charge in [0.1, 0.15) is 5.75 Å². The minimum Gasteiger partial charge on any atom is -0.484 e. The Morgan fingerprint density at radius 2 is 1.72 bits per heavy atom. The summed E-state index contributed by atoms with van der Waals surface area (Å²) >= 11 is 3.32. The number of amides is 2. The van der Waals surface area contributed by atoms with Gasteiger partial charge in [0, 0.05) is 15.7 Å². The zero-order chi connectivity index (χ0) is 20.5. The maximum atomic E-state index is 12.0. The first kappa shape index (κ1) is 20.3. The van der Waals surface area contributed by atoms with Crippen molar-refractivity contribution in [2.24, 2.45) is 5.10 Å². The average molecular weight is 452 g/mol. The maximum Gasteiger partial charge on any atom is 0.271 e. The highest BCUT2D eigenvalue weighted by molar-refractivity contribution is 9.10. The number of carbonyl (C=O) groups is 2. The molecule has 0 heterocycles. The molecule has 146 valence electrons. The quantitative estimate of drug-likeness (QED) is 0.416. The number of anilines is 1. The first-order valence-electron chi connectivity index (χ1n) is 8.77. The van der Waals surface area contributed by atoms with Crippen molar-refractivity contribution in [3.63, 3.8) is 0 Å². The van der Waals surface area contributed by atoms with Gasteiger partial charge in [-0.1, -0.05) is 46.3 Å². The van der Waals surface area contributed by atoms with Crippen LogP contribution in [0, 0.1) is 0 Å². The Balaban J connectivity index is 1.51. The Morgan fingerprint density at radius 3 is 2.48 bits per heavy atom. The summed E-state index contributed by atoms with van der Waals surface area (Å²) in [4.78, 5) is 24.0. The Labute approximate surface area is 176 Å². The van der Waals surface area contributed by atoms with Crippen LogP contribution in [-0.4, -0.2) is 24.6 Å². The van der Waals surface area contributed by atoms with E-state index in [4.69, 9.17) is 4.74 Å². The number of hydrogen-bond acceptors (Lipinski definition) is 4. The maximum absolute atomic E-state index is 12.0. The van der Waals surface area contributed by atoms with Gasteiger partial charge in [0.25, 0.3) is 11.8 Å². The molecule has 0 saturated heterocycles. The second kappa shape index (κ2) is 10.2. The van der Waals surface area contributed by atoms with Crippen molar-refractivity contribution in [1.29, 1.82) is 0 Å². The van der Waals surface area contributed by atoms with Crippen LogP contribution in [0.4, 0.5) is 5.69 Å². The van der Waals surface area contributed by atoms with E-state index in [0.717, 1.165) is 10.0 Å². The van der Waals surface area contributed by atoms with Gasteiger partial charge in [0.15, 0.2) is 6.61 Å². The molecule has 6 nitrogen and oxygen atoms in total. The fraction of sp³-hybridized carbons (Fsp3) is 0.0455. The third kappa shape index (κ3) is 6.58. The van der Waals surface area contributed by atoms with Crippen molar-refractivity contribution in [1.82, 2.24) is 5.43 Å². The van der Waals surface area contributed by atoms with Crippen LogP contribution in [0.15, 0.2) is 88.4 Å². The molecule has 0 bridgehead atoms. The van der Waals surface area contributed by atoms with Crippen LogP contribution in [0.2, 0.25) is 0 Å². The molecule has 7 heteroatoms. The van der Waals surface area contributed by atoms with Crippen molar-refractivity contribution in [2.75, 3.05) is 11.9 Å². The lowest BCUT2D eigenvalue weighted by Gasteiger charge is -2.08. The molecular weight excluding hydrogens is 434 g/mol. The summed E-state index contributed by atoms with van der Waals surface area (Å²) in [6.07, 6.45) is 1.51. The van der Waals surface area contributed by atoms with Crippen molar-refractivity contribution in [2.45, 2.75) is 0 Å². The van der Waals surface area contributed by atoms with Gasteiger partial charge in [0.2, 0.25) is 0 Å². The number of ether oxygens (including phenoxy) is 1. The normalized spacial score (nSPS) is 10.5. The molecule has 3 rings (SSSR count). The molecule has 29 heavy (non-hydrogen) atoms. The number of carbonyl (C=O) groups excluding carboxylic acids is 2. The smallest absolute Gasteiger partial charge is 0.271 e. The van der Waals surface area contributed by atoms with E-state index >= 15 is 0 Å². The van der Waals surface area contributed by atoms with Crippen LogP contribution in [0.5, 0.6) is 5.75 Å². The number of hydrogen-bond donors (Lipinski definition) is 2. The predicted molar refractivity (Wildman–Crippen MR) is 116 cm³/mol. The fourth-order valence-corrected chi connectivity index (χ4v) is 2.65. The van der Waals surface area contributed by atoms with Gasteiger partial charge >= 0.3 is 0 Å². The van der Waals surface area contributed by atoms with Crippen LogP contribution in [0.25, 0.3) is 0 Å². The molecule has 0 radical (unpaired) electrons. The molecule has 2 amide bonds. The summed E-state index contributed by atoms with van der Waals surface area (Å²) in [5, 5.41) is 6.71. The van der Waals surface area contributed by atoms with Crippen LogP contribution in [-0.2, 0) is 4.79 Å². The van der Waals surface area contributed by atoms with Gasteiger partial charge in [-0.05, 0) is 54.1 Å². The van der Waals surface area contributed by atoms with Crippen LogP contribution < -0.4 is 15.5 Å². The van der Waals surface area contributed by atoms with Crippen molar-refractivity contribution < 1.29 is 14.3 Å². The third-order valence-electron chi connectivity index (χ3n) is 3.77. The highest BCUT2D eigenvalue weighted by Crippen LogP contribution is 2.13. The van der Waals surface area contributed by atoms with Gasteiger partial charge < -0.3 is 10.1 Å². The summed E-state index contributed by atoms with van der Waals surface area (Å²) in [5.41, 5.74) is 4.42. The molecule has 0 aromatic heterocycles. The largest absolute Gasteiger partial charge is 0.484 e. The molecule has 0 aliphatic heterocycles. The summed E-state index contributed by atoms with van der Waals surface area (Å²) in [6, 6.07) is 23.2. The number of halogens is 1. The van der Waals surface area contributed by atoms with Crippen LogP contribution in [0.1, 0.15) is 15.9 Å². The monoisotopic (exact) mass is 451 g/mol. The number of nitrogens with zero attached hydrogens (tertiary/aromatic N) is 1. The molecule has 3 aromatic rings. The molecule has 0 aliphatic carbocycles. The highest BCUT2D eigenvalue weighted by atomic mass is 79.9. The first-order chi connectivity index (χ1) is 14.1. The summed E-state index contributed by atoms with van der Waals surface area (Å²) < 4.78 is 6.42. The third-order valence-corrected chi connectivity index (χ3v) is 4.30. The average Bonchev–Trinajstić information content (AvgIpc) is 2.74. The fourth-order valence-electron chi connectivity index (χ4n) is 2.38. The molecule has 0 aliphatic rings. The van der Waals surface area contributed by atoms with Crippen molar-refractivity contribution in [3.05, 3.63) is 94.5 Å². The predicted octanol–water partition coefficient (Wildman–Crippen LogP) is 4.23. The Kier molecular flexibility index (Phi) is 7.13. The van der Waals surface area contributed by atoms with E-state index in [2.05, 4.69) is 31.8 Å². The number of benzene rings is 3. The van der Waals surface area contributed by atoms with Gasteiger partial charge in [-0.2, -0.15) is 5.10 Å². The molecule has 2 N–H and O–H groups in total. The standard InChI is InChI=1S/C22H18BrN3O3/c23-18-11-9-17(10-12-18)22(28)26-24-14-16-5-4-8-20(13-16)29-15-21(27)25-19-6-2-1-3-7-19/h1-14H,15H2,(H,25,27)(H,26,28)/b24-14+. The lowest BCUT2D eigenvalue weighted by atomic mass is 10.2. The zero-order valence-corrected chi connectivity index (χ0v) is 16.9. The molecule has 0 fully saturated rings. The molecule has 3 aromatic carbocycles. The first-order valence-corrected chi connectivity index (χ1v) is 9.56. The molecule has 0 saturated carbocycles. The Morgan fingerprint density at radius 1 is 0.966 bits per heavy atom. The molecular formula is C22H18BrN3O3. The number of para-hydroxylation sites is 1. The summed E-state index contributed by atoms with van der Waals surface area (Å²) in [5.74, 6) is -0.0350. The summed E-state index contributed by atoms with van der Waals surface area (Å²) in [6.45, 7) is -0.115. The summed E-state index contributed by atoms with van der Waals surface area (Å²) in [7, 11) is 0. The van der Waals surface area contributed by atoms with E-state index in [-0.39, 0.29) is 18.4 Å².